The zero-order valence-electron chi connectivity index (χ0n) is 17.6. The Hall–Kier alpha value is -2.86. The predicted molar refractivity (Wildman–Crippen MR) is 118 cm³/mol. The third-order valence-electron chi connectivity index (χ3n) is 5.54. The van der Waals surface area contributed by atoms with Gasteiger partial charge in [-0.2, -0.15) is 0 Å². The number of unbranched alkanes of at least 4 members (excludes halogenated alkanes) is 1. The number of carbonyl (C=O) groups excluding carboxylic acids is 2. The molecule has 1 unspecified atom stereocenters. The van der Waals surface area contributed by atoms with E-state index in [4.69, 9.17) is 10.5 Å². The third kappa shape index (κ3) is 6.07. The van der Waals surface area contributed by atoms with Crippen LogP contribution in [-0.2, 0) is 0 Å². The number of carbonyl (C=O) groups is 2. The van der Waals surface area contributed by atoms with Gasteiger partial charge in [-0.1, -0.05) is 19.8 Å². The molecule has 0 spiro atoms. The van der Waals surface area contributed by atoms with Crippen LogP contribution in [0, 0.1) is 0 Å². The smallest absolute Gasteiger partial charge is 0.251 e. The van der Waals surface area contributed by atoms with Crippen molar-refractivity contribution in [2.45, 2.75) is 45.1 Å². The Labute approximate surface area is 178 Å². The molecule has 160 valence electrons. The number of nitrogens with zero attached hydrogens (tertiary/aromatic N) is 1. The van der Waals surface area contributed by atoms with Gasteiger partial charge in [-0.25, -0.2) is 0 Å². The van der Waals surface area contributed by atoms with E-state index >= 15 is 0 Å². The van der Waals surface area contributed by atoms with Crippen molar-refractivity contribution in [1.82, 2.24) is 10.2 Å². The maximum absolute atomic E-state index is 12.6. The monoisotopic (exact) mass is 409 g/mol. The van der Waals surface area contributed by atoms with Gasteiger partial charge in [0.05, 0.1) is 0 Å². The van der Waals surface area contributed by atoms with Crippen molar-refractivity contribution in [2.75, 3.05) is 19.6 Å². The topological polar surface area (TPSA) is 84.7 Å². The summed E-state index contributed by atoms with van der Waals surface area (Å²) in [6.07, 6.45) is 6.03. The molecule has 6 heteroatoms. The van der Waals surface area contributed by atoms with Crippen LogP contribution in [0.3, 0.4) is 0 Å². The number of nitrogens with one attached hydrogen (secondary N) is 1. The summed E-state index contributed by atoms with van der Waals surface area (Å²) in [6.45, 7) is 5.15. The van der Waals surface area contributed by atoms with E-state index in [0.29, 0.717) is 35.2 Å². The van der Waals surface area contributed by atoms with E-state index in [1.165, 1.54) is 25.7 Å². The third-order valence-corrected chi connectivity index (χ3v) is 5.54. The molecule has 0 bridgehead atoms. The minimum absolute atomic E-state index is 0.0617. The highest BCUT2D eigenvalue weighted by Crippen LogP contribution is 2.22. The van der Waals surface area contributed by atoms with Crippen LogP contribution in [0.1, 0.15) is 59.7 Å². The standard InChI is InChI=1S/C24H31N3O3/c1-2-3-15-27-16-5-4-6-20(27)17-26-24(29)19-9-13-22(14-10-19)30-21-11-7-18(8-12-21)23(25)28/h7-14,20H,2-6,15-17H2,1H3,(H2,25,28)(H,26,29). The van der Waals surface area contributed by atoms with E-state index < -0.39 is 5.91 Å². The minimum Gasteiger partial charge on any atom is -0.457 e. The van der Waals surface area contributed by atoms with E-state index in [1.54, 1.807) is 48.5 Å². The van der Waals surface area contributed by atoms with Crippen molar-refractivity contribution < 1.29 is 14.3 Å². The summed E-state index contributed by atoms with van der Waals surface area (Å²) in [4.78, 5) is 26.2. The van der Waals surface area contributed by atoms with E-state index in [9.17, 15) is 9.59 Å². The summed E-state index contributed by atoms with van der Waals surface area (Å²) in [6, 6.07) is 14.1. The molecule has 3 rings (SSSR count). The quantitative estimate of drug-likeness (QED) is 0.656. The summed E-state index contributed by atoms with van der Waals surface area (Å²) >= 11 is 0. The van der Waals surface area contributed by atoms with Crippen molar-refractivity contribution in [3.8, 4) is 11.5 Å². The number of piperidine rings is 1. The van der Waals surface area contributed by atoms with Gasteiger partial charge in [-0.15, -0.1) is 0 Å². The molecule has 0 radical (unpaired) electrons. The number of benzene rings is 2. The second-order valence-electron chi connectivity index (χ2n) is 7.76. The van der Waals surface area contributed by atoms with Gasteiger partial charge in [0.2, 0.25) is 5.91 Å². The number of rotatable bonds is 9. The Balaban J connectivity index is 1.52. The fourth-order valence-electron chi connectivity index (χ4n) is 3.76. The average Bonchev–Trinajstić information content (AvgIpc) is 2.77. The first-order valence-electron chi connectivity index (χ1n) is 10.8. The van der Waals surface area contributed by atoms with Gasteiger partial charge in [0.25, 0.3) is 5.91 Å². The number of hydrogen-bond donors (Lipinski definition) is 2. The van der Waals surface area contributed by atoms with Crippen LogP contribution in [0.2, 0.25) is 0 Å². The van der Waals surface area contributed by atoms with Gasteiger partial charge in [0, 0.05) is 23.7 Å². The van der Waals surface area contributed by atoms with Gasteiger partial charge in [0.1, 0.15) is 11.5 Å². The number of nitrogens with two attached hydrogens (primary N) is 1. The lowest BCUT2D eigenvalue weighted by Crippen LogP contribution is -2.47. The number of amides is 2. The van der Waals surface area contributed by atoms with Crippen molar-refractivity contribution in [2.24, 2.45) is 5.73 Å². The van der Waals surface area contributed by atoms with Gasteiger partial charge < -0.3 is 15.8 Å². The van der Waals surface area contributed by atoms with E-state index in [2.05, 4.69) is 17.1 Å². The molecular formula is C24H31N3O3. The molecule has 1 fully saturated rings. The number of ether oxygens (including phenoxy) is 1. The highest BCUT2D eigenvalue weighted by atomic mass is 16.5. The van der Waals surface area contributed by atoms with Gasteiger partial charge >= 0.3 is 0 Å². The highest BCUT2D eigenvalue weighted by Gasteiger charge is 2.22. The second-order valence-corrected chi connectivity index (χ2v) is 7.76. The molecule has 1 saturated heterocycles. The van der Waals surface area contributed by atoms with Crippen LogP contribution in [0.4, 0.5) is 0 Å². The van der Waals surface area contributed by atoms with Crippen molar-refractivity contribution in [1.29, 1.82) is 0 Å². The summed E-state index contributed by atoms with van der Waals surface area (Å²) in [5, 5.41) is 3.10. The summed E-state index contributed by atoms with van der Waals surface area (Å²) in [5.74, 6) is 0.685. The molecule has 2 amide bonds. The molecule has 2 aromatic carbocycles. The van der Waals surface area contributed by atoms with E-state index in [-0.39, 0.29) is 5.91 Å². The molecule has 1 heterocycles. The average molecular weight is 410 g/mol. The van der Waals surface area contributed by atoms with Crippen LogP contribution in [0.15, 0.2) is 48.5 Å². The largest absolute Gasteiger partial charge is 0.457 e. The number of likely N-dealkylation sites (tertiary alicyclic amines) is 1. The maximum Gasteiger partial charge on any atom is 0.251 e. The van der Waals surface area contributed by atoms with Crippen LogP contribution in [0.25, 0.3) is 0 Å². The summed E-state index contributed by atoms with van der Waals surface area (Å²) in [7, 11) is 0. The Morgan fingerprint density at radius 2 is 1.67 bits per heavy atom. The van der Waals surface area contributed by atoms with Crippen LogP contribution in [-0.4, -0.2) is 42.4 Å². The Morgan fingerprint density at radius 3 is 2.27 bits per heavy atom. The van der Waals surface area contributed by atoms with Gasteiger partial charge in [-0.3, -0.25) is 14.5 Å². The molecule has 30 heavy (non-hydrogen) atoms. The fraction of sp³-hybridized carbons (Fsp3) is 0.417. The normalized spacial score (nSPS) is 16.8. The van der Waals surface area contributed by atoms with Crippen LogP contribution < -0.4 is 15.8 Å². The fourth-order valence-corrected chi connectivity index (χ4v) is 3.76. The molecule has 3 N–H and O–H groups in total. The molecule has 0 aliphatic carbocycles. The van der Waals surface area contributed by atoms with Crippen LogP contribution in [0.5, 0.6) is 11.5 Å². The summed E-state index contributed by atoms with van der Waals surface area (Å²) in [5.41, 5.74) is 6.29. The zero-order valence-corrected chi connectivity index (χ0v) is 17.6. The minimum atomic E-state index is -0.473. The first kappa shape index (κ1) is 21.8. The van der Waals surface area contributed by atoms with Gasteiger partial charge in [0.15, 0.2) is 0 Å². The number of primary amides is 1. The maximum atomic E-state index is 12.6. The highest BCUT2D eigenvalue weighted by molar-refractivity contribution is 5.94. The Kier molecular flexibility index (Phi) is 7.85. The predicted octanol–water partition coefficient (Wildman–Crippen LogP) is 3.96. The molecule has 1 atom stereocenters. The Morgan fingerprint density at radius 1 is 1.03 bits per heavy atom. The first-order valence-corrected chi connectivity index (χ1v) is 10.8. The molecule has 1 aliphatic rings. The summed E-state index contributed by atoms with van der Waals surface area (Å²) < 4.78 is 5.76. The molecule has 2 aromatic rings. The lowest BCUT2D eigenvalue weighted by Gasteiger charge is -2.35. The van der Waals surface area contributed by atoms with Crippen molar-refractivity contribution in [3.63, 3.8) is 0 Å². The van der Waals surface area contributed by atoms with E-state index in [1.807, 2.05) is 0 Å². The second kappa shape index (κ2) is 10.8. The lowest BCUT2D eigenvalue weighted by atomic mass is 10.0. The zero-order chi connectivity index (χ0) is 21.3. The Bertz CT molecular complexity index is 834. The molecule has 6 nitrogen and oxygen atoms in total. The number of hydrogen-bond acceptors (Lipinski definition) is 4. The lowest BCUT2D eigenvalue weighted by molar-refractivity contribution is 0.0912. The SMILES string of the molecule is CCCCN1CCCCC1CNC(=O)c1ccc(Oc2ccc(C(N)=O)cc2)cc1. The van der Waals surface area contributed by atoms with Crippen molar-refractivity contribution >= 4 is 11.8 Å². The van der Waals surface area contributed by atoms with Crippen molar-refractivity contribution in [3.05, 3.63) is 59.7 Å². The first-order chi connectivity index (χ1) is 14.6. The molecule has 0 saturated carbocycles. The molecule has 1 aliphatic heterocycles. The van der Waals surface area contributed by atoms with Crippen LogP contribution >= 0.6 is 0 Å². The molecule has 0 aromatic heterocycles. The van der Waals surface area contributed by atoms with E-state index in [0.717, 1.165) is 19.5 Å². The molecular weight excluding hydrogens is 378 g/mol. The van der Waals surface area contributed by atoms with Gasteiger partial charge in [-0.05, 0) is 80.9 Å².